The first-order valence-electron chi connectivity index (χ1n) is 7.34. The molecule has 1 saturated heterocycles. The number of para-hydroxylation sites is 1. The number of halogens is 1. The smallest absolute Gasteiger partial charge is 0.146 e. The SMILES string of the molecule is Cc1nc(Nc2ccccc2F)cc(N2CCCCC2)n1. The molecule has 0 spiro atoms. The van der Waals surface area contributed by atoms with Crippen molar-refractivity contribution < 1.29 is 4.39 Å². The van der Waals surface area contributed by atoms with Crippen LogP contribution >= 0.6 is 0 Å². The number of piperidine rings is 1. The second-order valence-corrected chi connectivity index (χ2v) is 5.31. The molecule has 21 heavy (non-hydrogen) atoms. The van der Waals surface area contributed by atoms with Gasteiger partial charge in [-0.15, -0.1) is 0 Å². The summed E-state index contributed by atoms with van der Waals surface area (Å²) in [6.07, 6.45) is 3.67. The molecule has 0 unspecified atom stereocenters. The highest BCUT2D eigenvalue weighted by molar-refractivity contribution is 5.60. The molecule has 1 aliphatic heterocycles. The Bertz CT molecular complexity index is 623. The summed E-state index contributed by atoms with van der Waals surface area (Å²) >= 11 is 0. The summed E-state index contributed by atoms with van der Waals surface area (Å²) in [4.78, 5) is 11.1. The van der Waals surface area contributed by atoms with E-state index in [4.69, 9.17) is 0 Å². The van der Waals surface area contributed by atoms with Crippen LogP contribution < -0.4 is 10.2 Å². The summed E-state index contributed by atoms with van der Waals surface area (Å²) in [6.45, 7) is 3.91. The fraction of sp³-hybridized carbons (Fsp3) is 0.375. The number of nitrogens with one attached hydrogen (secondary N) is 1. The minimum absolute atomic E-state index is 0.284. The summed E-state index contributed by atoms with van der Waals surface area (Å²) in [5.41, 5.74) is 0.431. The maximum Gasteiger partial charge on any atom is 0.146 e. The van der Waals surface area contributed by atoms with Crippen LogP contribution in [0.3, 0.4) is 0 Å². The first kappa shape index (κ1) is 13.8. The third-order valence-corrected chi connectivity index (χ3v) is 3.64. The van der Waals surface area contributed by atoms with Gasteiger partial charge < -0.3 is 10.2 Å². The van der Waals surface area contributed by atoms with Crippen molar-refractivity contribution in [3.05, 3.63) is 42.0 Å². The van der Waals surface area contributed by atoms with Crippen LogP contribution in [-0.4, -0.2) is 23.1 Å². The molecule has 1 aromatic carbocycles. The lowest BCUT2D eigenvalue weighted by molar-refractivity contribution is 0.572. The maximum atomic E-state index is 13.7. The molecule has 4 nitrogen and oxygen atoms in total. The van der Waals surface area contributed by atoms with Gasteiger partial charge >= 0.3 is 0 Å². The van der Waals surface area contributed by atoms with E-state index in [0.717, 1.165) is 18.9 Å². The van der Waals surface area contributed by atoms with Gasteiger partial charge in [0.15, 0.2) is 0 Å². The number of anilines is 3. The van der Waals surface area contributed by atoms with Gasteiger partial charge in [-0.25, -0.2) is 14.4 Å². The molecule has 0 saturated carbocycles. The van der Waals surface area contributed by atoms with Gasteiger partial charge in [0.1, 0.15) is 23.3 Å². The van der Waals surface area contributed by atoms with E-state index in [1.807, 2.05) is 13.0 Å². The number of benzene rings is 1. The minimum atomic E-state index is -0.284. The average molecular weight is 286 g/mol. The second kappa shape index (κ2) is 6.08. The van der Waals surface area contributed by atoms with E-state index in [1.165, 1.54) is 25.3 Å². The Morgan fingerprint density at radius 1 is 1.10 bits per heavy atom. The summed E-state index contributed by atoms with van der Waals surface area (Å²) in [7, 11) is 0. The summed E-state index contributed by atoms with van der Waals surface area (Å²) < 4.78 is 13.7. The zero-order valence-corrected chi connectivity index (χ0v) is 12.1. The fourth-order valence-electron chi connectivity index (χ4n) is 2.60. The molecule has 3 rings (SSSR count). The third-order valence-electron chi connectivity index (χ3n) is 3.64. The Morgan fingerprint density at radius 2 is 1.86 bits per heavy atom. The van der Waals surface area contributed by atoms with E-state index in [2.05, 4.69) is 20.2 Å². The molecular formula is C16H19FN4. The third kappa shape index (κ3) is 3.29. The highest BCUT2D eigenvalue weighted by Crippen LogP contribution is 2.23. The maximum absolute atomic E-state index is 13.7. The van der Waals surface area contributed by atoms with Gasteiger partial charge in [0.05, 0.1) is 5.69 Å². The molecule has 2 aromatic rings. The van der Waals surface area contributed by atoms with Crippen molar-refractivity contribution >= 4 is 17.3 Å². The second-order valence-electron chi connectivity index (χ2n) is 5.31. The van der Waals surface area contributed by atoms with Gasteiger partial charge in [-0.05, 0) is 38.3 Å². The van der Waals surface area contributed by atoms with Gasteiger partial charge in [-0.1, -0.05) is 12.1 Å². The molecule has 1 N–H and O–H groups in total. The van der Waals surface area contributed by atoms with Crippen LogP contribution in [0.4, 0.5) is 21.7 Å². The predicted octanol–water partition coefficient (Wildman–Crippen LogP) is 3.66. The molecule has 110 valence electrons. The van der Waals surface area contributed by atoms with Crippen molar-refractivity contribution in [2.24, 2.45) is 0 Å². The molecule has 1 fully saturated rings. The van der Waals surface area contributed by atoms with Crippen molar-refractivity contribution in [1.82, 2.24) is 9.97 Å². The number of rotatable bonds is 3. The van der Waals surface area contributed by atoms with Crippen LogP contribution in [0, 0.1) is 12.7 Å². The Labute approximate surface area is 124 Å². The number of aryl methyl sites for hydroxylation is 1. The average Bonchev–Trinajstić information content (AvgIpc) is 2.50. The molecular weight excluding hydrogens is 267 g/mol. The van der Waals surface area contributed by atoms with Crippen molar-refractivity contribution in [3.63, 3.8) is 0 Å². The van der Waals surface area contributed by atoms with Crippen LogP contribution in [-0.2, 0) is 0 Å². The predicted molar refractivity (Wildman–Crippen MR) is 82.5 cm³/mol. The van der Waals surface area contributed by atoms with Gasteiger partial charge in [0.25, 0.3) is 0 Å². The lowest BCUT2D eigenvalue weighted by atomic mass is 10.1. The van der Waals surface area contributed by atoms with Crippen LogP contribution in [0.25, 0.3) is 0 Å². The highest BCUT2D eigenvalue weighted by atomic mass is 19.1. The van der Waals surface area contributed by atoms with E-state index in [1.54, 1.807) is 18.2 Å². The molecule has 1 aromatic heterocycles. The van der Waals surface area contributed by atoms with Gasteiger partial charge in [-0.2, -0.15) is 0 Å². The molecule has 0 atom stereocenters. The Morgan fingerprint density at radius 3 is 2.62 bits per heavy atom. The topological polar surface area (TPSA) is 41.1 Å². The Kier molecular flexibility index (Phi) is 3.99. The largest absolute Gasteiger partial charge is 0.356 e. The van der Waals surface area contributed by atoms with Gasteiger partial charge in [0, 0.05) is 19.2 Å². The van der Waals surface area contributed by atoms with E-state index in [0.29, 0.717) is 17.3 Å². The van der Waals surface area contributed by atoms with E-state index in [-0.39, 0.29) is 5.82 Å². The Hall–Kier alpha value is -2.17. The van der Waals surface area contributed by atoms with Gasteiger partial charge in [-0.3, -0.25) is 0 Å². The van der Waals surface area contributed by atoms with Crippen LogP contribution in [0.5, 0.6) is 0 Å². The summed E-state index contributed by atoms with van der Waals surface area (Å²) in [5, 5.41) is 3.04. The van der Waals surface area contributed by atoms with Crippen molar-refractivity contribution in [2.75, 3.05) is 23.3 Å². The van der Waals surface area contributed by atoms with Gasteiger partial charge in [0.2, 0.25) is 0 Å². The number of hydrogen-bond donors (Lipinski definition) is 1. The quantitative estimate of drug-likeness (QED) is 0.935. The number of hydrogen-bond acceptors (Lipinski definition) is 4. The monoisotopic (exact) mass is 286 g/mol. The molecule has 1 aliphatic rings. The van der Waals surface area contributed by atoms with Crippen LogP contribution in [0.2, 0.25) is 0 Å². The van der Waals surface area contributed by atoms with Crippen molar-refractivity contribution in [2.45, 2.75) is 26.2 Å². The first-order chi connectivity index (χ1) is 10.2. The zero-order valence-electron chi connectivity index (χ0n) is 12.1. The Balaban J connectivity index is 1.85. The van der Waals surface area contributed by atoms with E-state index < -0.39 is 0 Å². The van der Waals surface area contributed by atoms with Crippen molar-refractivity contribution in [1.29, 1.82) is 0 Å². The van der Waals surface area contributed by atoms with Crippen LogP contribution in [0.15, 0.2) is 30.3 Å². The molecule has 0 aliphatic carbocycles. The van der Waals surface area contributed by atoms with E-state index in [9.17, 15) is 4.39 Å². The first-order valence-corrected chi connectivity index (χ1v) is 7.34. The zero-order chi connectivity index (χ0) is 14.7. The molecule has 0 radical (unpaired) electrons. The normalized spacial score (nSPS) is 15.0. The lowest BCUT2D eigenvalue weighted by Crippen LogP contribution is -2.30. The summed E-state index contributed by atoms with van der Waals surface area (Å²) in [6, 6.07) is 8.50. The fourth-order valence-corrected chi connectivity index (χ4v) is 2.60. The molecule has 5 heteroatoms. The number of nitrogens with zero attached hydrogens (tertiary/aromatic N) is 3. The van der Waals surface area contributed by atoms with E-state index >= 15 is 0 Å². The van der Waals surface area contributed by atoms with Crippen LogP contribution in [0.1, 0.15) is 25.1 Å². The molecule has 2 heterocycles. The highest BCUT2D eigenvalue weighted by Gasteiger charge is 2.14. The lowest BCUT2D eigenvalue weighted by Gasteiger charge is -2.28. The molecule has 0 amide bonds. The standard InChI is InChI=1S/C16H19FN4/c1-12-18-15(20-14-8-4-3-7-13(14)17)11-16(19-12)21-9-5-2-6-10-21/h3-4,7-8,11H,2,5-6,9-10H2,1H3,(H,18,19,20). The number of aromatic nitrogens is 2. The molecule has 0 bridgehead atoms. The van der Waals surface area contributed by atoms with Crippen molar-refractivity contribution in [3.8, 4) is 0 Å². The summed E-state index contributed by atoms with van der Waals surface area (Å²) in [5.74, 6) is 1.96. The minimum Gasteiger partial charge on any atom is -0.356 e.